The van der Waals surface area contributed by atoms with Crippen molar-refractivity contribution in [3.8, 4) is 0 Å². The molecule has 2 heterocycles. The van der Waals surface area contributed by atoms with Crippen LogP contribution in [0, 0.1) is 0 Å². The van der Waals surface area contributed by atoms with E-state index in [-0.39, 0.29) is 24.0 Å². The molecule has 2 aromatic rings. The van der Waals surface area contributed by atoms with Gasteiger partial charge in [0.15, 0.2) is 5.96 Å². The highest BCUT2D eigenvalue weighted by Gasteiger charge is 2.09. The van der Waals surface area contributed by atoms with Crippen LogP contribution in [0.15, 0.2) is 40.1 Å². The molecule has 0 atom stereocenters. The number of rotatable bonds is 8. The van der Waals surface area contributed by atoms with E-state index in [1.165, 1.54) is 0 Å². The van der Waals surface area contributed by atoms with Crippen molar-refractivity contribution in [3.05, 3.63) is 47.1 Å². The van der Waals surface area contributed by atoms with Crippen molar-refractivity contribution < 1.29 is 9.15 Å². The molecule has 0 aliphatic heterocycles. The molecule has 8 heteroatoms. The molecule has 0 unspecified atom stereocenters. The van der Waals surface area contributed by atoms with Crippen molar-refractivity contribution in [2.24, 2.45) is 12.0 Å². The summed E-state index contributed by atoms with van der Waals surface area (Å²) >= 11 is 6.03. The Morgan fingerprint density at radius 2 is 2.28 bits per heavy atom. The minimum Gasteiger partial charge on any atom is -0.467 e. The van der Waals surface area contributed by atoms with Crippen LogP contribution < -0.4 is 5.32 Å². The third kappa shape index (κ3) is 7.29. The molecule has 0 amide bonds. The summed E-state index contributed by atoms with van der Waals surface area (Å²) in [6, 6.07) is 5.73. The van der Waals surface area contributed by atoms with Gasteiger partial charge in [-0.1, -0.05) is 11.6 Å². The number of aromatic nitrogens is 1. The van der Waals surface area contributed by atoms with E-state index in [1.807, 2.05) is 43.1 Å². The fourth-order valence-electron chi connectivity index (χ4n) is 2.37. The van der Waals surface area contributed by atoms with E-state index in [4.69, 9.17) is 20.8 Å². The Morgan fingerprint density at radius 3 is 2.88 bits per heavy atom. The molecule has 0 radical (unpaired) electrons. The molecule has 1 N–H and O–H groups in total. The fourth-order valence-corrected chi connectivity index (χ4v) is 2.64. The van der Waals surface area contributed by atoms with Gasteiger partial charge >= 0.3 is 0 Å². The van der Waals surface area contributed by atoms with Crippen molar-refractivity contribution in [2.45, 2.75) is 19.6 Å². The topological polar surface area (TPSA) is 54.9 Å². The Morgan fingerprint density at radius 1 is 1.48 bits per heavy atom. The maximum atomic E-state index is 6.03. The molecule has 2 rings (SSSR count). The van der Waals surface area contributed by atoms with Gasteiger partial charge in [0.1, 0.15) is 12.4 Å². The molecular formula is C17H26ClIN4O2. The second-order valence-electron chi connectivity index (χ2n) is 5.58. The smallest absolute Gasteiger partial charge is 0.193 e. The summed E-state index contributed by atoms with van der Waals surface area (Å²) < 4.78 is 12.8. The number of halogens is 2. The maximum absolute atomic E-state index is 6.03. The van der Waals surface area contributed by atoms with Gasteiger partial charge in [-0.2, -0.15) is 0 Å². The van der Waals surface area contributed by atoms with Crippen LogP contribution in [0.2, 0.25) is 5.02 Å². The highest BCUT2D eigenvalue weighted by atomic mass is 127. The third-order valence-electron chi connectivity index (χ3n) is 3.62. The molecule has 0 aliphatic rings. The predicted octanol–water partition coefficient (Wildman–Crippen LogP) is 3.50. The molecule has 0 bridgehead atoms. The number of hydrogen-bond acceptors (Lipinski definition) is 3. The summed E-state index contributed by atoms with van der Waals surface area (Å²) in [6.45, 7) is 2.71. The molecule has 0 fully saturated rings. The summed E-state index contributed by atoms with van der Waals surface area (Å²) in [7, 11) is 5.77. The second kappa shape index (κ2) is 11.4. The summed E-state index contributed by atoms with van der Waals surface area (Å²) in [5, 5.41) is 4.09. The maximum Gasteiger partial charge on any atom is 0.193 e. The van der Waals surface area contributed by atoms with Crippen molar-refractivity contribution in [1.29, 1.82) is 0 Å². The quantitative estimate of drug-likeness (QED) is 0.272. The van der Waals surface area contributed by atoms with E-state index < -0.39 is 0 Å². The van der Waals surface area contributed by atoms with Crippen LogP contribution >= 0.6 is 35.6 Å². The number of ether oxygens (including phenoxy) is 1. The van der Waals surface area contributed by atoms with Gasteiger partial charge in [0.05, 0.1) is 17.8 Å². The normalized spacial score (nSPS) is 11.3. The first kappa shape index (κ1) is 21.9. The number of nitrogens with zero attached hydrogens (tertiary/aromatic N) is 3. The highest BCUT2D eigenvalue weighted by molar-refractivity contribution is 14.0. The molecule has 0 aliphatic carbocycles. The number of hydrogen-bond donors (Lipinski definition) is 1. The number of furan rings is 1. The van der Waals surface area contributed by atoms with Crippen molar-refractivity contribution >= 4 is 41.5 Å². The van der Waals surface area contributed by atoms with E-state index in [2.05, 4.69) is 15.2 Å². The molecule has 0 spiro atoms. The molecule has 0 saturated carbocycles. The van der Waals surface area contributed by atoms with E-state index in [1.54, 1.807) is 13.3 Å². The molecule has 6 nitrogen and oxygen atoms in total. The zero-order valence-corrected chi connectivity index (χ0v) is 18.0. The van der Waals surface area contributed by atoms with Gasteiger partial charge in [-0.3, -0.25) is 4.99 Å². The summed E-state index contributed by atoms with van der Waals surface area (Å²) in [5.74, 6) is 1.69. The largest absolute Gasteiger partial charge is 0.467 e. The second-order valence-corrected chi connectivity index (χ2v) is 6.01. The standard InChI is InChI=1S/C17H25ClN4O2.HI/c1-19-17(22(3)12-15-10-14(18)11-21(15)2)20-7-5-8-23-13-16-6-4-9-24-16;/h4,6,9-11H,5,7-8,12-13H2,1-3H3,(H,19,20);1H. The van der Waals surface area contributed by atoms with E-state index >= 15 is 0 Å². The Hall–Kier alpha value is -1.19. The van der Waals surface area contributed by atoms with Crippen LogP contribution in [-0.4, -0.2) is 42.7 Å². The Balaban J connectivity index is 0.00000312. The minimum atomic E-state index is 0. The first-order valence-electron chi connectivity index (χ1n) is 7.93. The van der Waals surface area contributed by atoms with E-state index in [9.17, 15) is 0 Å². The Labute approximate surface area is 171 Å². The SMILES string of the molecule is CN=C(NCCCOCc1ccco1)N(C)Cc1cc(Cl)cn1C.I. The lowest BCUT2D eigenvalue weighted by atomic mass is 10.4. The predicted molar refractivity (Wildman–Crippen MR) is 112 cm³/mol. The van der Waals surface area contributed by atoms with Crippen LogP contribution in [-0.2, 0) is 24.9 Å². The van der Waals surface area contributed by atoms with Crippen molar-refractivity contribution in [3.63, 3.8) is 0 Å². The number of aryl methyl sites for hydroxylation is 1. The minimum absolute atomic E-state index is 0. The zero-order valence-electron chi connectivity index (χ0n) is 14.9. The van der Waals surface area contributed by atoms with Crippen LogP contribution in [0.1, 0.15) is 17.9 Å². The van der Waals surface area contributed by atoms with Gasteiger partial charge in [-0.05, 0) is 24.6 Å². The summed E-state index contributed by atoms with van der Waals surface area (Å²) in [6.07, 6.45) is 4.45. The van der Waals surface area contributed by atoms with Gasteiger partial charge in [0.25, 0.3) is 0 Å². The molecule has 25 heavy (non-hydrogen) atoms. The van der Waals surface area contributed by atoms with Gasteiger partial charge in [-0.15, -0.1) is 24.0 Å². The van der Waals surface area contributed by atoms with Gasteiger partial charge in [0, 0.05) is 46.2 Å². The molecule has 140 valence electrons. The highest BCUT2D eigenvalue weighted by Crippen LogP contribution is 2.14. The van der Waals surface area contributed by atoms with Crippen LogP contribution in [0.4, 0.5) is 0 Å². The molecular weight excluding hydrogens is 455 g/mol. The van der Waals surface area contributed by atoms with E-state index in [0.29, 0.717) is 13.2 Å². The van der Waals surface area contributed by atoms with Crippen molar-refractivity contribution in [2.75, 3.05) is 27.2 Å². The fraction of sp³-hybridized carbons (Fsp3) is 0.471. The van der Waals surface area contributed by atoms with Crippen LogP contribution in [0.5, 0.6) is 0 Å². The van der Waals surface area contributed by atoms with Gasteiger partial charge < -0.3 is 23.9 Å². The first-order valence-corrected chi connectivity index (χ1v) is 8.30. The van der Waals surface area contributed by atoms with Gasteiger partial charge in [0.2, 0.25) is 0 Å². The Bertz CT molecular complexity index is 643. The molecule has 2 aromatic heterocycles. The lowest BCUT2D eigenvalue weighted by molar-refractivity contribution is 0.104. The van der Waals surface area contributed by atoms with Crippen LogP contribution in [0.3, 0.4) is 0 Å². The van der Waals surface area contributed by atoms with E-state index in [0.717, 1.165) is 41.9 Å². The monoisotopic (exact) mass is 480 g/mol. The Kier molecular flexibility index (Phi) is 9.99. The lowest BCUT2D eigenvalue weighted by Gasteiger charge is -2.22. The average Bonchev–Trinajstić information content (AvgIpc) is 3.16. The van der Waals surface area contributed by atoms with Crippen molar-refractivity contribution in [1.82, 2.24) is 14.8 Å². The average molecular weight is 481 g/mol. The number of aliphatic imine (C=N–C) groups is 1. The summed E-state index contributed by atoms with van der Waals surface area (Å²) in [4.78, 5) is 6.38. The number of guanidine groups is 1. The molecule has 0 aromatic carbocycles. The zero-order chi connectivity index (χ0) is 17.4. The first-order chi connectivity index (χ1) is 11.6. The molecule has 0 saturated heterocycles. The lowest BCUT2D eigenvalue weighted by Crippen LogP contribution is -2.39. The van der Waals surface area contributed by atoms with Crippen LogP contribution in [0.25, 0.3) is 0 Å². The number of nitrogens with one attached hydrogen (secondary N) is 1. The third-order valence-corrected chi connectivity index (χ3v) is 3.83. The van der Waals surface area contributed by atoms with Gasteiger partial charge in [-0.25, -0.2) is 0 Å². The summed E-state index contributed by atoms with van der Waals surface area (Å²) in [5.41, 5.74) is 1.13.